The average Bonchev–Trinajstić information content (AvgIpc) is 2.96. The number of aromatic nitrogens is 4. The maximum absolute atomic E-state index is 5.85. The topological polar surface area (TPSA) is 78.9 Å². The number of nitrogens with two attached hydrogens (primary N) is 1. The minimum absolute atomic E-state index is 0. The number of hydrogen-bond donors (Lipinski definition) is 1. The van der Waals surface area contributed by atoms with E-state index < -0.39 is 0 Å². The van der Waals surface area contributed by atoms with Crippen LogP contribution in [0.5, 0.6) is 5.75 Å². The van der Waals surface area contributed by atoms with Crippen LogP contribution in [0.25, 0.3) is 11.4 Å². The van der Waals surface area contributed by atoms with Crippen molar-refractivity contribution in [2.45, 2.75) is 19.6 Å². The highest BCUT2D eigenvalue weighted by atomic mass is 35.5. The van der Waals surface area contributed by atoms with Crippen LogP contribution in [0.2, 0.25) is 0 Å². The van der Waals surface area contributed by atoms with Crippen LogP contribution < -0.4 is 10.5 Å². The van der Waals surface area contributed by atoms with Crippen molar-refractivity contribution >= 4 is 30.6 Å². The third kappa shape index (κ3) is 4.84. The van der Waals surface area contributed by atoms with Gasteiger partial charge >= 0.3 is 0 Å². The van der Waals surface area contributed by atoms with E-state index in [1.54, 1.807) is 24.8 Å². The summed E-state index contributed by atoms with van der Waals surface area (Å²) in [6.07, 6.45) is 8.78. The minimum atomic E-state index is -0.0173. The lowest BCUT2D eigenvalue weighted by Gasteiger charge is -2.16. The molecule has 3 aromatic rings. The van der Waals surface area contributed by atoms with Crippen molar-refractivity contribution in [1.29, 1.82) is 0 Å². The van der Waals surface area contributed by atoms with Gasteiger partial charge in [-0.3, -0.25) is 4.98 Å². The molecule has 0 saturated heterocycles. The second-order valence-corrected chi connectivity index (χ2v) is 4.99. The predicted octanol–water partition coefficient (Wildman–Crippen LogP) is 3.23. The van der Waals surface area contributed by atoms with E-state index in [0.717, 1.165) is 17.1 Å². The molecule has 8 heteroatoms. The second kappa shape index (κ2) is 9.10. The highest BCUT2D eigenvalue weighted by Crippen LogP contribution is 2.19. The van der Waals surface area contributed by atoms with E-state index in [-0.39, 0.29) is 30.9 Å². The van der Waals surface area contributed by atoms with Crippen LogP contribution in [0.4, 0.5) is 5.82 Å². The Balaban J connectivity index is 0.00000144. The molecule has 3 rings (SSSR count). The number of halogens is 2. The van der Waals surface area contributed by atoms with Gasteiger partial charge in [0.25, 0.3) is 0 Å². The van der Waals surface area contributed by atoms with Gasteiger partial charge in [-0.2, -0.15) is 0 Å². The minimum Gasteiger partial charge on any atom is -0.487 e. The van der Waals surface area contributed by atoms with Gasteiger partial charge in [0.05, 0.1) is 12.7 Å². The largest absolute Gasteiger partial charge is 0.487 e. The highest BCUT2D eigenvalue weighted by molar-refractivity contribution is 5.85. The van der Waals surface area contributed by atoms with E-state index in [0.29, 0.717) is 12.4 Å². The van der Waals surface area contributed by atoms with E-state index in [1.807, 2.05) is 42.0 Å². The number of pyridine rings is 2. The summed E-state index contributed by atoms with van der Waals surface area (Å²) >= 11 is 0. The molecule has 3 heterocycles. The first-order valence-electron chi connectivity index (χ1n) is 7.02. The first-order valence-corrected chi connectivity index (χ1v) is 7.02. The molecule has 0 bridgehead atoms. The molecule has 0 saturated carbocycles. The van der Waals surface area contributed by atoms with Gasteiger partial charge in [0.2, 0.25) is 0 Å². The Morgan fingerprint density at radius 2 is 2.00 bits per heavy atom. The summed E-state index contributed by atoms with van der Waals surface area (Å²) in [5, 5.41) is 0. The van der Waals surface area contributed by atoms with Gasteiger partial charge in [0.15, 0.2) is 0 Å². The summed E-state index contributed by atoms with van der Waals surface area (Å²) in [7, 11) is 0. The molecule has 1 unspecified atom stereocenters. The SMILES string of the molecule is CC(Cn1ccnc1-c1ccnc(N)c1)Oc1cccnc1.Cl.Cl. The molecule has 1 atom stereocenters. The van der Waals surface area contributed by atoms with Gasteiger partial charge in [0.1, 0.15) is 23.5 Å². The molecule has 2 N–H and O–H groups in total. The van der Waals surface area contributed by atoms with Crippen LogP contribution in [0.15, 0.2) is 55.2 Å². The number of hydrogen-bond acceptors (Lipinski definition) is 5. The van der Waals surface area contributed by atoms with E-state index >= 15 is 0 Å². The van der Waals surface area contributed by atoms with Crippen LogP contribution in [0.3, 0.4) is 0 Å². The van der Waals surface area contributed by atoms with Crippen molar-refractivity contribution in [2.75, 3.05) is 5.73 Å². The first-order chi connectivity index (χ1) is 10.7. The normalized spacial score (nSPS) is 11.0. The highest BCUT2D eigenvalue weighted by Gasteiger charge is 2.11. The molecule has 6 nitrogen and oxygen atoms in total. The zero-order valence-electron chi connectivity index (χ0n) is 13.1. The third-order valence-corrected chi connectivity index (χ3v) is 3.18. The average molecular weight is 368 g/mol. The third-order valence-electron chi connectivity index (χ3n) is 3.18. The fourth-order valence-electron chi connectivity index (χ4n) is 2.27. The van der Waals surface area contributed by atoms with Crippen LogP contribution in [0, 0.1) is 0 Å². The van der Waals surface area contributed by atoms with E-state index in [4.69, 9.17) is 10.5 Å². The lowest BCUT2D eigenvalue weighted by Crippen LogP contribution is -2.19. The van der Waals surface area contributed by atoms with E-state index in [1.165, 1.54) is 0 Å². The van der Waals surface area contributed by atoms with Crippen molar-refractivity contribution in [3.63, 3.8) is 0 Å². The molecule has 0 aromatic carbocycles. The summed E-state index contributed by atoms with van der Waals surface area (Å²) in [5.41, 5.74) is 6.67. The van der Waals surface area contributed by atoms with E-state index in [9.17, 15) is 0 Å². The summed E-state index contributed by atoms with van der Waals surface area (Å²) in [4.78, 5) is 12.4. The maximum atomic E-state index is 5.85. The van der Waals surface area contributed by atoms with Crippen LogP contribution in [0.1, 0.15) is 6.92 Å². The summed E-state index contributed by atoms with van der Waals surface area (Å²) in [6, 6.07) is 7.44. The number of ether oxygens (including phenoxy) is 1. The van der Waals surface area contributed by atoms with Crippen LogP contribution >= 0.6 is 24.8 Å². The van der Waals surface area contributed by atoms with Crippen molar-refractivity contribution in [1.82, 2.24) is 19.5 Å². The Morgan fingerprint density at radius 1 is 1.17 bits per heavy atom. The Labute approximate surface area is 152 Å². The van der Waals surface area contributed by atoms with Crippen molar-refractivity contribution in [3.8, 4) is 17.1 Å². The standard InChI is InChI=1S/C16H17N5O.2ClH/c1-12(22-14-3-2-5-18-10-14)11-21-8-7-20-16(21)13-4-6-19-15(17)9-13;;/h2-10,12H,11H2,1H3,(H2,17,19);2*1H. The predicted molar refractivity (Wildman–Crippen MR) is 98.7 cm³/mol. The van der Waals surface area contributed by atoms with Crippen molar-refractivity contribution in [2.24, 2.45) is 0 Å². The fourth-order valence-corrected chi connectivity index (χ4v) is 2.27. The van der Waals surface area contributed by atoms with Crippen molar-refractivity contribution < 1.29 is 4.74 Å². The molecule has 0 amide bonds. The maximum Gasteiger partial charge on any atom is 0.140 e. The lowest BCUT2D eigenvalue weighted by molar-refractivity contribution is 0.199. The van der Waals surface area contributed by atoms with Gasteiger partial charge in [0, 0.05) is 30.4 Å². The van der Waals surface area contributed by atoms with E-state index in [2.05, 4.69) is 15.0 Å². The zero-order chi connectivity index (χ0) is 15.4. The summed E-state index contributed by atoms with van der Waals surface area (Å²) in [5.74, 6) is 2.08. The Kier molecular flexibility index (Phi) is 7.48. The van der Waals surface area contributed by atoms with Gasteiger partial charge in [-0.1, -0.05) is 0 Å². The Hall–Kier alpha value is -2.31. The molecule has 0 radical (unpaired) electrons. The molecule has 128 valence electrons. The lowest BCUT2D eigenvalue weighted by atomic mass is 10.2. The number of imidazole rings is 1. The Bertz CT molecular complexity index is 751. The molecule has 24 heavy (non-hydrogen) atoms. The van der Waals surface area contributed by atoms with Crippen molar-refractivity contribution in [3.05, 3.63) is 55.2 Å². The number of nitrogen functional groups attached to an aromatic ring is 1. The molecular weight excluding hydrogens is 349 g/mol. The molecule has 0 fully saturated rings. The molecule has 0 aliphatic rings. The van der Waals surface area contributed by atoms with Crippen LogP contribution in [-0.2, 0) is 6.54 Å². The van der Waals surface area contributed by atoms with Gasteiger partial charge in [-0.25, -0.2) is 9.97 Å². The molecule has 0 aliphatic heterocycles. The summed E-state index contributed by atoms with van der Waals surface area (Å²) in [6.45, 7) is 2.68. The quantitative estimate of drug-likeness (QED) is 0.748. The number of rotatable bonds is 5. The first kappa shape index (κ1) is 19.7. The monoisotopic (exact) mass is 367 g/mol. The zero-order valence-corrected chi connectivity index (χ0v) is 14.7. The van der Waals surface area contributed by atoms with Gasteiger partial charge < -0.3 is 15.0 Å². The Morgan fingerprint density at radius 3 is 2.71 bits per heavy atom. The smallest absolute Gasteiger partial charge is 0.140 e. The van der Waals surface area contributed by atoms with Gasteiger partial charge in [-0.05, 0) is 31.2 Å². The second-order valence-electron chi connectivity index (χ2n) is 4.99. The molecular formula is C16H19Cl2N5O. The number of nitrogens with zero attached hydrogens (tertiary/aromatic N) is 4. The summed E-state index contributed by atoms with van der Waals surface area (Å²) < 4.78 is 7.89. The molecule has 0 spiro atoms. The molecule has 0 aliphatic carbocycles. The molecule has 3 aromatic heterocycles. The number of anilines is 1. The van der Waals surface area contributed by atoms with Gasteiger partial charge in [-0.15, -0.1) is 24.8 Å². The van der Waals surface area contributed by atoms with Crippen LogP contribution in [-0.4, -0.2) is 25.6 Å². The fraction of sp³-hybridized carbons (Fsp3) is 0.188.